The Bertz CT molecular complexity index is 403. The Morgan fingerprint density at radius 2 is 1.95 bits per heavy atom. The number of piperidine rings is 1. The average Bonchev–Trinajstić information content (AvgIpc) is 2.82. The molecule has 0 radical (unpaired) electrons. The molecule has 2 heterocycles. The summed E-state index contributed by atoms with van der Waals surface area (Å²) >= 11 is 1.74. The Labute approximate surface area is 121 Å². The van der Waals surface area contributed by atoms with Crippen LogP contribution in [0, 0.1) is 5.92 Å². The molecule has 108 valence electrons. The van der Waals surface area contributed by atoms with E-state index in [2.05, 4.69) is 38.0 Å². The molecule has 0 aromatic carbocycles. The molecule has 0 saturated carbocycles. The first-order chi connectivity index (χ1) is 8.90. The van der Waals surface area contributed by atoms with Gasteiger partial charge in [0.2, 0.25) is 0 Å². The summed E-state index contributed by atoms with van der Waals surface area (Å²) in [6, 6.07) is 0. The van der Waals surface area contributed by atoms with E-state index in [0.29, 0.717) is 5.92 Å². The lowest BCUT2D eigenvalue weighted by molar-refractivity contribution is 0.148. The van der Waals surface area contributed by atoms with Gasteiger partial charge in [0.1, 0.15) is 5.01 Å². The second-order valence-electron chi connectivity index (χ2n) is 6.58. The number of hydrogen-bond acceptors (Lipinski definition) is 4. The van der Waals surface area contributed by atoms with E-state index in [1.807, 2.05) is 0 Å². The topological polar surface area (TPSA) is 42.1 Å². The van der Waals surface area contributed by atoms with Crippen molar-refractivity contribution in [1.29, 1.82) is 0 Å². The van der Waals surface area contributed by atoms with Crippen LogP contribution in [0.2, 0.25) is 0 Å². The molecule has 1 aliphatic heterocycles. The van der Waals surface area contributed by atoms with Gasteiger partial charge in [-0.1, -0.05) is 27.7 Å². The highest BCUT2D eigenvalue weighted by Crippen LogP contribution is 2.33. The normalized spacial score (nSPS) is 20.4. The summed E-state index contributed by atoms with van der Waals surface area (Å²) in [5, 5.41) is 3.31. The van der Waals surface area contributed by atoms with Crippen LogP contribution < -0.4 is 5.73 Å². The van der Waals surface area contributed by atoms with Gasteiger partial charge in [0.25, 0.3) is 0 Å². The third-order valence-electron chi connectivity index (χ3n) is 3.91. The summed E-state index contributed by atoms with van der Waals surface area (Å²) in [5.41, 5.74) is 7.61. The quantitative estimate of drug-likeness (QED) is 0.921. The van der Waals surface area contributed by atoms with Crippen LogP contribution in [0.3, 0.4) is 0 Å². The number of likely N-dealkylation sites (tertiary alicyclic amines) is 1. The van der Waals surface area contributed by atoms with Crippen LogP contribution in [0.15, 0.2) is 5.38 Å². The zero-order valence-electron chi connectivity index (χ0n) is 12.6. The van der Waals surface area contributed by atoms with Crippen LogP contribution in [0.25, 0.3) is 0 Å². The molecule has 0 amide bonds. The molecule has 3 nitrogen and oxygen atoms in total. The molecule has 0 aliphatic carbocycles. The van der Waals surface area contributed by atoms with Gasteiger partial charge in [0, 0.05) is 25.0 Å². The fourth-order valence-corrected chi connectivity index (χ4v) is 3.80. The minimum absolute atomic E-state index is 0.189. The van der Waals surface area contributed by atoms with Crippen molar-refractivity contribution in [1.82, 2.24) is 9.88 Å². The standard InChI is InChI=1S/C15H27N3S/c1-11(2)9-18-7-5-15(16,6-8-18)14-17-13(10-19-14)12(3)4/h10-12H,5-9,16H2,1-4H3. The number of aromatic nitrogens is 1. The highest BCUT2D eigenvalue weighted by atomic mass is 32.1. The van der Waals surface area contributed by atoms with E-state index >= 15 is 0 Å². The Morgan fingerprint density at radius 3 is 2.42 bits per heavy atom. The predicted molar refractivity (Wildman–Crippen MR) is 82.6 cm³/mol. The monoisotopic (exact) mass is 281 g/mol. The van der Waals surface area contributed by atoms with Crippen molar-refractivity contribution in [2.45, 2.75) is 52.0 Å². The van der Waals surface area contributed by atoms with E-state index in [0.717, 1.165) is 36.9 Å². The van der Waals surface area contributed by atoms with Crippen molar-refractivity contribution in [3.05, 3.63) is 16.1 Å². The summed E-state index contributed by atoms with van der Waals surface area (Å²) in [6.07, 6.45) is 2.07. The maximum Gasteiger partial charge on any atom is 0.113 e. The van der Waals surface area contributed by atoms with Crippen molar-refractivity contribution >= 4 is 11.3 Å². The molecule has 0 atom stereocenters. The van der Waals surface area contributed by atoms with Crippen molar-refractivity contribution < 1.29 is 0 Å². The van der Waals surface area contributed by atoms with Crippen molar-refractivity contribution in [2.75, 3.05) is 19.6 Å². The highest BCUT2D eigenvalue weighted by molar-refractivity contribution is 7.09. The minimum atomic E-state index is -0.189. The first kappa shape index (κ1) is 14.9. The summed E-state index contributed by atoms with van der Waals surface area (Å²) in [4.78, 5) is 7.30. The number of nitrogens with zero attached hydrogens (tertiary/aromatic N) is 2. The van der Waals surface area contributed by atoms with Crippen LogP contribution in [0.4, 0.5) is 0 Å². The Balaban J connectivity index is 2.00. The van der Waals surface area contributed by atoms with Crippen LogP contribution in [-0.2, 0) is 5.54 Å². The van der Waals surface area contributed by atoms with E-state index < -0.39 is 0 Å². The minimum Gasteiger partial charge on any atom is -0.319 e. The molecule has 0 spiro atoms. The van der Waals surface area contributed by atoms with Gasteiger partial charge in [0.05, 0.1) is 11.2 Å². The predicted octanol–water partition coefficient (Wildman–Crippen LogP) is 3.17. The van der Waals surface area contributed by atoms with Gasteiger partial charge >= 0.3 is 0 Å². The molecule has 2 rings (SSSR count). The molecular weight excluding hydrogens is 254 g/mol. The van der Waals surface area contributed by atoms with Gasteiger partial charge in [-0.05, 0) is 24.7 Å². The van der Waals surface area contributed by atoms with E-state index in [-0.39, 0.29) is 5.54 Å². The van der Waals surface area contributed by atoms with Crippen molar-refractivity contribution in [3.8, 4) is 0 Å². The molecule has 1 fully saturated rings. The zero-order chi connectivity index (χ0) is 14.0. The first-order valence-corrected chi connectivity index (χ1v) is 8.26. The van der Waals surface area contributed by atoms with Gasteiger partial charge in [-0.25, -0.2) is 4.98 Å². The van der Waals surface area contributed by atoms with Gasteiger partial charge in [-0.15, -0.1) is 11.3 Å². The number of hydrogen-bond donors (Lipinski definition) is 1. The Hall–Kier alpha value is -0.450. The van der Waals surface area contributed by atoms with Crippen LogP contribution in [-0.4, -0.2) is 29.5 Å². The van der Waals surface area contributed by atoms with Crippen LogP contribution in [0.1, 0.15) is 57.2 Å². The average molecular weight is 281 g/mol. The summed E-state index contributed by atoms with van der Waals surface area (Å²) in [6.45, 7) is 12.3. The molecular formula is C15H27N3S. The summed E-state index contributed by atoms with van der Waals surface area (Å²) < 4.78 is 0. The molecule has 0 bridgehead atoms. The molecule has 1 saturated heterocycles. The van der Waals surface area contributed by atoms with Crippen LogP contribution >= 0.6 is 11.3 Å². The fraction of sp³-hybridized carbons (Fsp3) is 0.800. The largest absolute Gasteiger partial charge is 0.319 e. The molecule has 4 heteroatoms. The first-order valence-electron chi connectivity index (χ1n) is 7.38. The van der Waals surface area contributed by atoms with Crippen LogP contribution in [0.5, 0.6) is 0 Å². The van der Waals surface area contributed by atoms with E-state index in [4.69, 9.17) is 10.7 Å². The Morgan fingerprint density at radius 1 is 1.32 bits per heavy atom. The van der Waals surface area contributed by atoms with E-state index in [9.17, 15) is 0 Å². The van der Waals surface area contributed by atoms with Gasteiger partial charge in [-0.3, -0.25) is 0 Å². The maximum atomic E-state index is 6.61. The third-order valence-corrected chi connectivity index (χ3v) is 4.99. The molecule has 1 aliphatic rings. The van der Waals surface area contributed by atoms with E-state index in [1.54, 1.807) is 11.3 Å². The lowest BCUT2D eigenvalue weighted by atomic mass is 9.89. The lowest BCUT2D eigenvalue weighted by Gasteiger charge is -2.38. The van der Waals surface area contributed by atoms with Gasteiger partial charge in [-0.2, -0.15) is 0 Å². The second-order valence-corrected chi connectivity index (χ2v) is 7.44. The SMILES string of the molecule is CC(C)CN1CCC(N)(c2nc(C(C)C)cs2)CC1. The van der Waals surface area contributed by atoms with Gasteiger partial charge in [0.15, 0.2) is 0 Å². The summed E-state index contributed by atoms with van der Waals surface area (Å²) in [5.74, 6) is 1.23. The lowest BCUT2D eigenvalue weighted by Crippen LogP contribution is -2.48. The molecule has 2 N–H and O–H groups in total. The van der Waals surface area contributed by atoms with Crippen molar-refractivity contribution in [2.24, 2.45) is 11.7 Å². The molecule has 0 unspecified atom stereocenters. The number of rotatable bonds is 4. The zero-order valence-corrected chi connectivity index (χ0v) is 13.5. The van der Waals surface area contributed by atoms with Crippen molar-refractivity contribution in [3.63, 3.8) is 0 Å². The van der Waals surface area contributed by atoms with Gasteiger partial charge < -0.3 is 10.6 Å². The van der Waals surface area contributed by atoms with E-state index in [1.165, 1.54) is 12.2 Å². The number of thiazole rings is 1. The second kappa shape index (κ2) is 5.90. The highest BCUT2D eigenvalue weighted by Gasteiger charge is 2.35. The molecule has 1 aromatic heterocycles. The smallest absolute Gasteiger partial charge is 0.113 e. The molecule has 19 heavy (non-hydrogen) atoms. The third kappa shape index (κ3) is 3.56. The number of nitrogens with two attached hydrogens (primary N) is 1. The Kier molecular flexibility index (Phi) is 4.64. The maximum absolute atomic E-state index is 6.61. The summed E-state index contributed by atoms with van der Waals surface area (Å²) in [7, 11) is 0. The fourth-order valence-electron chi connectivity index (χ4n) is 2.64. The molecule has 1 aromatic rings.